The molecule has 2 unspecified atom stereocenters. The second-order valence-corrected chi connectivity index (χ2v) is 5.83. The van der Waals surface area contributed by atoms with Gasteiger partial charge in [0.1, 0.15) is 0 Å². The van der Waals surface area contributed by atoms with Crippen molar-refractivity contribution in [3.05, 3.63) is 23.8 Å². The minimum Gasteiger partial charge on any atom is -0.363 e. The molecule has 0 amide bonds. The average molecular weight is 340 g/mol. The van der Waals surface area contributed by atoms with Gasteiger partial charge in [0.2, 0.25) is 0 Å². The standard InChI is InChI=1S/C14H17F4N3.ClH/c15-12-7-20-9(6-19)5-13(12)21-10-1-2-11(21)4-8(3-10)14(16,17)18;/h5,7-8,10-11H,1-4,6,19H2;1H. The molecule has 124 valence electrons. The van der Waals surface area contributed by atoms with Gasteiger partial charge in [0.25, 0.3) is 0 Å². The van der Waals surface area contributed by atoms with Crippen LogP contribution in [0.5, 0.6) is 0 Å². The quantitative estimate of drug-likeness (QED) is 0.840. The van der Waals surface area contributed by atoms with Gasteiger partial charge in [-0.3, -0.25) is 4.98 Å². The van der Waals surface area contributed by atoms with E-state index in [9.17, 15) is 17.6 Å². The number of alkyl halides is 3. The van der Waals surface area contributed by atoms with Gasteiger partial charge in [0.05, 0.1) is 23.5 Å². The molecule has 2 atom stereocenters. The van der Waals surface area contributed by atoms with E-state index in [0.717, 1.165) is 6.20 Å². The lowest BCUT2D eigenvalue weighted by molar-refractivity contribution is -0.182. The summed E-state index contributed by atoms with van der Waals surface area (Å²) < 4.78 is 52.8. The van der Waals surface area contributed by atoms with Crippen molar-refractivity contribution < 1.29 is 17.6 Å². The van der Waals surface area contributed by atoms with Crippen molar-refractivity contribution in [3.8, 4) is 0 Å². The highest BCUT2D eigenvalue weighted by atomic mass is 35.5. The van der Waals surface area contributed by atoms with Crippen molar-refractivity contribution in [1.82, 2.24) is 4.98 Å². The molecule has 3 heterocycles. The molecule has 0 aliphatic carbocycles. The highest BCUT2D eigenvalue weighted by Gasteiger charge is 2.50. The zero-order valence-corrected chi connectivity index (χ0v) is 12.6. The number of rotatable bonds is 2. The number of piperidine rings is 1. The average Bonchev–Trinajstić information content (AvgIpc) is 2.68. The molecule has 3 nitrogen and oxygen atoms in total. The Kier molecular flexibility index (Phi) is 4.87. The van der Waals surface area contributed by atoms with Crippen molar-refractivity contribution >= 4 is 18.1 Å². The summed E-state index contributed by atoms with van der Waals surface area (Å²) in [4.78, 5) is 5.69. The lowest BCUT2D eigenvalue weighted by Gasteiger charge is -2.41. The first-order valence-electron chi connectivity index (χ1n) is 7.09. The van der Waals surface area contributed by atoms with Crippen LogP contribution < -0.4 is 10.6 Å². The van der Waals surface area contributed by atoms with E-state index in [1.54, 1.807) is 6.07 Å². The van der Waals surface area contributed by atoms with Crippen molar-refractivity contribution in [2.24, 2.45) is 11.7 Å². The fraction of sp³-hybridized carbons (Fsp3) is 0.643. The van der Waals surface area contributed by atoms with Crippen LogP contribution in [0.3, 0.4) is 0 Å². The molecule has 2 fully saturated rings. The van der Waals surface area contributed by atoms with Gasteiger partial charge >= 0.3 is 6.18 Å². The van der Waals surface area contributed by atoms with Crippen LogP contribution in [-0.2, 0) is 6.54 Å². The molecular formula is C14H18ClF4N3. The number of fused-ring (bicyclic) bond motifs is 2. The van der Waals surface area contributed by atoms with Crippen LogP contribution in [-0.4, -0.2) is 23.2 Å². The van der Waals surface area contributed by atoms with E-state index in [-0.39, 0.29) is 43.9 Å². The summed E-state index contributed by atoms with van der Waals surface area (Å²) >= 11 is 0. The summed E-state index contributed by atoms with van der Waals surface area (Å²) in [5, 5.41) is 0. The second-order valence-electron chi connectivity index (χ2n) is 5.83. The van der Waals surface area contributed by atoms with Gasteiger partial charge in [0.15, 0.2) is 5.82 Å². The van der Waals surface area contributed by atoms with E-state index in [0.29, 0.717) is 24.2 Å². The molecule has 0 spiro atoms. The fourth-order valence-corrected chi connectivity index (χ4v) is 3.62. The molecule has 1 aromatic rings. The second kappa shape index (κ2) is 6.20. The van der Waals surface area contributed by atoms with E-state index < -0.39 is 17.9 Å². The number of anilines is 1. The van der Waals surface area contributed by atoms with Crippen LogP contribution in [0.1, 0.15) is 31.4 Å². The fourth-order valence-electron chi connectivity index (χ4n) is 3.62. The zero-order valence-electron chi connectivity index (χ0n) is 11.8. The maximum atomic E-state index is 14.0. The summed E-state index contributed by atoms with van der Waals surface area (Å²) in [5.41, 5.74) is 6.40. The minimum absolute atomic E-state index is 0. The molecule has 22 heavy (non-hydrogen) atoms. The van der Waals surface area contributed by atoms with Crippen LogP contribution in [0.25, 0.3) is 0 Å². The summed E-state index contributed by atoms with van der Waals surface area (Å²) in [7, 11) is 0. The van der Waals surface area contributed by atoms with Crippen LogP contribution in [0.4, 0.5) is 23.2 Å². The van der Waals surface area contributed by atoms with E-state index in [2.05, 4.69) is 4.98 Å². The highest BCUT2D eigenvalue weighted by molar-refractivity contribution is 5.85. The van der Waals surface area contributed by atoms with Gasteiger partial charge in [-0.15, -0.1) is 12.4 Å². The highest BCUT2D eigenvalue weighted by Crippen LogP contribution is 2.47. The number of halogens is 5. The molecule has 0 radical (unpaired) electrons. The minimum atomic E-state index is -4.16. The molecule has 2 saturated heterocycles. The van der Waals surface area contributed by atoms with Gasteiger partial charge in [-0.05, 0) is 31.7 Å². The predicted octanol–water partition coefficient (Wildman–Crippen LogP) is 3.41. The number of hydrogen-bond acceptors (Lipinski definition) is 3. The van der Waals surface area contributed by atoms with Crippen LogP contribution in [0.2, 0.25) is 0 Å². The molecule has 3 rings (SSSR count). The normalized spacial score (nSPS) is 27.7. The molecule has 2 aliphatic heterocycles. The van der Waals surface area contributed by atoms with E-state index in [1.807, 2.05) is 4.90 Å². The Labute approximate surface area is 132 Å². The van der Waals surface area contributed by atoms with Crippen LogP contribution in [0.15, 0.2) is 12.3 Å². The van der Waals surface area contributed by atoms with Gasteiger partial charge in [-0.2, -0.15) is 13.2 Å². The van der Waals surface area contributed by atoms with Crippen molar-refractivity contribution in [3.63, 3.8) is 0 Å². The molecule has 0 aromatic carbocycles. The Bertz CT molecular complexity index is 523. The van der Waals surface area contributed by atoms with Crippen LogP contribution in [0, 0.1) is 11.7 Å². The maximum absolute atomic E-state index is 14.0. The Balaban J connectivity index is 0.00000176. The third-order valence-electron chi connectivity index (χ3n) is 4.58. The van der Waals surface area contributed by atoms with Gasteiger partial charge in [-0.25, -0.2) is 4.39 Å². The van der Waals surface area contributed by atoms with E-state index in [4.69, 9.17) is 5.73 Å². The first-order valence-corrected chi connectivity index (χ1v) is 7.09. The number of pyridine rings is 1. The summed E-state index contributed by atoms with van der Waals surface area (Å²) in [6.45, 7) is 0.182. The molecule has 1 aromatic heterocycles. The predicted molar refractivity (Wildman–Crippen MR) is 77.4 cm³/mol. The van der Waals surface area contributed by atoms with Gasteiger partial charge in [0, 0.05) is 18.6 Å². The Morgan fingerprint density at radius 3 is 2.32 bits per heavy atom. The lowest BCUT2D eigenvalue weighted by Crippen LogP contribution is -2.47. The molecule has 2 aliphatic rings. The molecule has 2 bridgehead atoms. The first kappa shape index (κ1) is 17.3. The molecule has 8 heteroatoms. The number of aromatic nitrogens is 1. The number of nitrogens with zero attached hydrogens (tertiary/aromatic N) is 2. The van der Waals surface area contributed by atoms with Crippen molar-refractivity contribution in [2.75, 3.05) is 4.90 Å². The zero-order chi connectivity index (χ0) is 15.2. The lowest BCUT2D eigenvalue weighted by atomic mass is 9.89. The Morgan fingerprint density at radius 2 is 1.82 bits per heavy atom. The van der Waals surface area contributed by atoms with Gasteiger partial charge < -0.3 is 10.6 Å². The third kappa shape index (κ3) is 3.01. The molecular weight excluding hydrogens is 322 g/mol. The molecule has 2 N–H and O–H groups in total. The van der Waals surface area contributed by atoms with Crippen molar-refractivity contribution in [2.45, 2.75) is 50.5 Å². The summed E-state index contributed by atoms with van der Waals surface area (Å²) in [6, 6.07) is 1.06. The first-order chi connectivity index (χ1) is 9.90. The van der Waals surface area contributed by atoms with Gasteiger partial charge in [-0.1, -0.05) is 0 Å². The van der Waals surface area contributed by atoms with E-state index >= 15 is 0 Å². The third-order valence-corrected chi connectivity index (χ3v) is 4.58. The van der Waals surface area contributed by atoms with Crippen LogP contribution >= 0.6 is 12.4 Å². The monoisotopic (exact) mass is 339 g/mol. The Morgan fingerprint density at radius 1 is 1.23 bits per heavy atom. The molecule has 0 saturated carbocycles. The smallest absolute Gasteiger partial charge is 0.363 e. The van der Waals surface area contributed by atoms with Crippen molar-refractivity contribution in [1.29, 1.82) is 0 Å². The number of nitrogens with two attached hydrogens (primary N) is 1. The topological polar surface area (TPSA) is 42.1 Å². The number of hydrogen-bond donors (Lipinski definition) is 1. The summed E-state index contributed by atoms with van der Waals surface area (Å²) in [5.74, 6) is -1.76. The largest absolute Gasteiger partial charge is 0.391 e. The maximum Gasteiger partial charge on any atom is 0.391 e. The summed E-state index contributed by atoms with van der Waals surface area (Å²) in [6.07, 6.45) is -1.62. The van der Waals surface area contributed by atoms with E-state index in [1.165, 1.54) is 0 Å². The Hall–Kier alpha value is -1.08. The SMILES string of the molecule is Cl.NCc1cc(N2C3CCC2CC(C(F)(F)F)C3)c(F)cn1.